The number of hydrogen-bond acceptors (Lipinski definition) is 4. The molecule has 1 saturated heterocycles. The van der Waals surface area contributed by atoms with Crippen molar-refractivity contribution in [2.45, 2.75) is 39.8 Å². The van der Waals surface area contributed by atoms with Gasteiger partial charge in [-0.15, -0.1) is 24.0 Å². The lowest BCUT2D eigenvalue weighted by molar-refractivity contribution is 0.140. The molecule has 0 bridgehead atoms. The van der Waals surface area contributed by atoms with Gasteiger partial charge in [0.25, 0.3) is 0 Å². The molecule has 0 radical (unpaired) electrons. The van der Waals surface area contributed by atoms with E-state index in [1.807, 2.05) is 0 Å². The largest absolute Gasteiger partial charge is 0.488 e. The van der Waals surface area contributed by atoms with E-state index < -0.39 is 0 Å². The predicted molar refractivity (Wildman–Crippen MR) is 127 cm³/mol. The van der Waals surface area contributed by atoms with Crippen LogP contribution in [0.1, 0.15) is 31.4 Å². The van der Waals surface area contributed by atoms with Gasteiger partial charge < -0.3 is 25.0 Å². The van der Waals surface area contributed by atoms with Crippen LogP contribution in [0.2, 0.25) is 0 Å². The fourth-order valence-electron chi connectivity index (χ4n) is 3.34. The molecule has 6 nitrogen and oxygen atoms in total. The molecule has 1 aliphatic heterocycles. The van der Waals surface area contributed by atoms with Gasteiger partial charge in [0.1, 0.15) is 11.9 Å². The number of halogens is 1. The molecule has 1 aromatic rings. The van der Waals surface area contributed by atoms with Gasteiger partial charge in [0.05, 0.1) is 13.2 Å². The maximum absolute atomic E-state index is 6.18. The Hall–Kier alpha value is -1.06. The topological polar surface area (TPSA) is 58.1 Å². The summed E-state index contributed by atoms with van der Waals surface area (Å²) in [6, 6.07) is 6.34. The molecule has 1 unspecified atom stereocenters. The molecule has 1 heterocycles. The van der Waals surface area contributed by atoms with Crippen molar-refractivity contribution in [2.24, 2.45) is 10.4 Å². The second-order valence-electron chi connectivity index (χ2n) is 8.40. The number of benzene rings is 1. The van der Waals surface area contributed by atoms with Crippen molar-refractivity contribution in [1.29, 1.82) is 0 Å². The number of guanidine groups is 1. The number of ether oxygens (including phenoxy) is 2. The van der Waals surface area contributed by atoms with Crippen molar-refractivity contribution in [1.82, 2.24) is 15.5 Å². The van der Waals surface area contributed by atoms with E-state index in [2.05, 4.69) is 73.6 Å². The summed E-state index contributed by atoms with van der Waals surface area (Å²) in [6.45, 7) is 10.6. The van der Waals surface area contributed by atoms with Gasteiger partial charge in [-0.05, 0) is 38.1 Å². The number of nitrogens with one attached hydrogen (secondary N) is 2. The third-order valence-corrected chi connectivity index (χ3v) is 4.55. The molecule has 1 atom stereocenters. The molecule has 2 rings (SSSR count). The smallest absolute Gasteiger partial charge is 0.191 e. The van der Waals surface area contributed by atoms with E-state index in [1.54, 1.807) is 7.05 Å². The zero-order chi connectivity index (χ0) is 19.9. The van der Waals surface area contributed by atoms with Crippen LogP contribution in [0.4, 0.5) is 0 Å². The van der Waals surface area contributed by atoms with Crippen LogP contribution >= 0.6 is 24.0 Å². The molecule has 1 aliphatic rings. The maximum Gasteiger partial charge on any atom is 0.191 e. The van der Waals surface area contributed by atoms with E-state index in [-0.39, 0.29) is 35.5 Å². The van der Waals surface area contributed by atoms with Crippen LogP contribution in [0, 0.1) is 12.3 Å². The maximum atomic E-state index is 6.18. The van der Waals surface area contributed by atoms with Crippen LogP contribution < -0.4 is 15.4 Å². The third-order valence-electron chi connectivity index (χ3n) is 4.55. The van der Waals surface area contributed by atoms with E-state index in [9.17, 15) is 0 Å². The summed E-state index contributed by atoms with van der Waals surface area (Å²) in [6.07, 6.45) is 1.10. The lowest BCUT2D eigenvalue weighted by Gasteiger charge is -2.29. The monoisotopic (exact) mass is 504 g/mol. The van der Waals surface area contributed by atoms with Gasteiger partial charge in [-0.3, -0.25) is 4.99 Å². The van der Waals surface area contributed by atoms with Crippen LogP contribution in [0.25, 0.3) is 0 Å². The average Bonchev–Trinajstić information content (AvgIpc) is 3.08. The lowest BCUT2D eigenvalue weighted by Crippen LogP contribution is -2.44. The van der Waals surface area contributed by atoms with Crippen molar-refractivity contribution in [3.8, 4) is 5.75 Å². The minimum absolute atomic E-state index is 0. The number of hydrogen-bond donors (Lipinski definition) is 2. The van der Waals surface area contributed by atoms with Gasteiger partial charge >= 0.3 is 0 Å². The Morgan fingerprint density at radius 2 is 2.07 bits per heavy atom. The summed E-state index contributed by atoms with van der Waals surface area (Å²) in [7, 11) is 6.00. The predicted octanol–water partition coefficient (Wildman–Crippen LogP) is 3.03. The molecule has 0 aromatic heterocycles. The molecule has 1 fully saturated rings. The molecule has 0 aliphatic carbocycles. The second-order valence-corrected chi connectivity index (χ2v) is 8.40. The SMILES string of the molecule is CN=C(NCc1ccc(C)cc1OC1CCOC1)NCC(C)(C)CN(C)C.I. The van der Waals surface area contributed by atoms with E-state index in [0.717, 1.165) is 43.4 Å². The number of aliphatic imine (C=N–C) groups is 1. The van der Waals surface area contributed by atoms with Crippen LogP contribution in [0.3, 0.4) is 0 Å². The molecule has 28 heavy (non-hydrogen) atoms. The quantitative estimate of drug-likeness (QED) is 0.324. The molecular formula is C21H37IN4O2. The Bertz CT molecular complexity index is 629. The standard InChI is InChI=1S/C21H36N4O2.HI/c1-16-7-8-17(19(11-16)27-18-9-10-26-13-18)12-23-20(22-4)24-14-21(2,3)15-25(5)6;/h7-8,11,18H,9-10,12-15H2,1-6H3,(H2,22,23,24);1H. The minimum atomic E-state index is 0. The van der Waals surface area contributed by atoms with E-state index in [0.29, 0.717) is 13.2 Å². The highest BCUT2D eigenvalue weighted by Gasteiger charge is 2.20. The zero-order valence-corrected chi connectivity index (χ0v) is 20.5. The van der Waals surface area contributed by atoms with E-state index in [1.165, 1.54) is 5.56 Å². The summed E-state index contributed by atoms with van der Waals surface area (Å²) >= 11 is 0. The normalized spacial score (nSPS) is 17.4. The van der Waals surface area contributed by atoms with Gasteiger partial charge in [-0.25, -0.2) is 0 Å². The molecule has 1 aromatic carbocycles. The first-order valence-electron chi connectivity index (χ1n) is 9.72. The van der Waals surface area contributed by atoms with E-state index in [4.69, 9.17) is 9.47 Å². The number of aryl methyl sites for hydroxylation is 1. The average molecular weight is 504 g/mol. The molecule has 2 N–H and O–H groups in total. The van der Waals surface area contributed by atoms with Gasteiger partial charge in [0.2, 0.25) is 0 Å². The Kier molecular flexibility index (Phi) is 10.5. The van der Waals surface area contributed by atoms with Gasteiger partial charge in [0.15, 0.2) is 5.96 Å². The zero-order valence-electron chi connectivity index (χ0n) is 18.2. The molecule has 160 valence electrons. The van der Waals surface area contributed by atoms with Crippen molar-refractivity contribution >= 4 is 29.9 Å². The highest BCUT2D eigenvalue weighted by molar-refractivity contribution is 14.0. The second kappa shape index (κ2) is 11.8. The van der Waals surface area contributed by atoms with Crippen molar-refractivity contribution in [2.75, 3.05) is 47.4 Å². The number of rotatable bonds is 8. The third kappa shape index (κ3) is 8.53. The van der Waals surface area contributed by atoms with Gasteiger partial charge in [0, 0.05) is 38.7 Å². The first-order chi connectivity index (χ1) is 12.8. The highest BCUT2D eigenvalue weighted by atomic mass is 127. The van der Waals surface area contributed by atoms with Crippen LogP contribution in [0.5, 0.6) is 5.75 Å². The van der Waals surface area contributed by atoms with E-state index >= 15 is 0 Å². The number of nitrogens with zero attached hydrogens (tertiary/aromatic N) is 2. The Labute approximate surface area is 187 Å². The molecule has 0 spiro atoms. The first kappa shape index (κ1) is 25.0. The summed E-state index contributed by atoms with van der Waals surface area (Å²) in [5.74, 6) is 1.74. The van der Waals surface area contributed by atoms with Crippen LogP contribution in [-0.2, 0) is 11.3 Å². The Morgan fingerprint density at radius 1 is 1.32 bits per heavy atom. The van der Waals surface area contributed by atoms with Crippen LogP contribution in [0.15, 0.2) is 23.2 Å². The van der Waals surface area contributed by atoms with Crippen molar-refractivity contribution < 1.29 is 9.47 Å². The fraction of sp³-hybridized carbons (Fsp3) is 0.667. The fourth-order valence-corrected chi connectivity index (χ4v) is 3.34. The molecule has 0 amide bonds. The van der Waals surface area contributed by atoms with Gasteiger partial charge in [-0.1, -0.05) is 26.0 Å². The van der Waals surface area contributed by atoms with Gasteiger partial charge in [-0.2, -0.15) is 0 Å². The molecule has 7 heteroatoms. The Morgan fingerprint density at radius 3 is 2.68 bits per heavy atom. The summed E-state index contributed by atoms with van der Waals surface area (Å²) in [4.78, 5) is 6.56. The van der Waals surface area contributed by atoms with Crippen molar-refractivity contribution in [3.05, 3.63) is 29.3 Å². The molecule has 0 saturated carbocycles. The molecular weight excluding hydrogens is 467 g/mol. The highest BCUT2D eigenvalue weighted by Crippen LogP contribution is 2.23. The first-order valence-corrected chi connectivity index (χ1v) is 9.72. The summed E-state index contributed by atoms with van der Waals surface area (Å²) < 4.78 is 11.6. The summed E-state index contributed by atoms with van der Waals surface area (Å²) in [5, 5.41) is 6.85. The lowest BCUT2D eigenvalue weighted by atomic mass is 9.93. The van der Waals surface area contributed by atoms with Crippen molar-refractivity contribution in [3.63, 3.8) is 0 Å². The Balaban J connectivity index is 0.00000392. The minimum Gasteiger partial charge on any atom is -0.488 e. The van der Waals surface area contributed by atoms with Crippen LogP contribution in [-0.4, -0.2) is 64.4 Å². The summed E-state index contributed by atoms with van der Waals surface area (Å²) in [5.41, 5.74) is 2.48.